The van der Waals surface area contributed by atoms with Gasteiger partial charge in [-0.3, -0.25) is 14.9 Å². The second kappa shape index (κ2) is 8.57. The molecule has 8 nitrogen and oxygen atoms in total. The molecule has 0 radical (unpaired) electrons. The van der Waals surface area contributed by atoms with Gasteiger partial charge in [-0.25, -0.2) is 0 Å². The fourth-order valence-electron chi connectivity index (χ4n) is 2.37. The smallest absolute Gasteiger partial charge is 0.296 e. The van der Waals surface area contributed by atoms with E-state index >= 15 is 0 Å². The summed E-state index contributed by atoms with van der Waals surface area (Å²) in [5.74, 6) is 0.786. The van der Waals surface area contributed by atoms with Gasteiger partial charge in [0.2, 0.25) is 0 Å². The van der Waals surface area contributed by atoms with Gasteiger partial charge in [0, 0.05) is 0 Å². The number of hydrogen-bond acceptors (Lipinski definition) is 6. The van der Waals surface area contributed by atoms with Gasteiger partial charge >= 0.3 is 0 Å². The van der Waals surface area contributed by atoms with Gasteiger partial charge in [0.05, 0.1) is 22.6 Å². The SMILES string of the molecule is COc1ccc(NC(=O)c2ccc(COc3ccccc3Br)o2)c([N+](=O)[O-])c1. The highest BCUT2D eigenvalue weighted by atomic mass is 79.9. The number of amides is 1. The Bertz CT molecular complexity index is 1020. The predicted molar refractivity (Wildman–Crippen MR) is 105 cm³/mol. The Balaban J connectivity index is 1.69. The van der Waals surface area contributed by atoms with Crippen molar-refractivity contribution in [3.63, 3.8) is 0 Å². The Labute approximate surface area is 168 Å². The monoisotopic (exact) mass is 446 g/mol. The Kier molecular flexibility index (Phi) is 5.95. The van der Waals surface area contributed by atoms with Gasteiger partial charge in [-0.05, 0) is 52.3 Å². The molecule has 3 rings (SSSR count). The number of ether oxygens (including phenoxy) is 2. The number of furan rings is 1. The lowest BCUT2D eigenvalue weighted by Gasteiger charge is -2.07. The van der Waals surface area contributed by atoms with E-state index in [0.29, 0.717) is 17.3 Å². The van der Waals surface area contributed by atoms with Crippen molar-refractivity contribution in [3.8, 4) is 11.5 Å². The Hall–Kier alpha value is -3.33. The molecule has 0 aliphatic rings. The first kappa shape index (κ1) is 19.4. The first-order chi connectivity index (χ1) is 13.5. The van der Waals surface area contributed by atoms with Gasteiger partial charge in [0.25, 0.3) is 11.6 Å². The zero-order valence-corrected chi connectivity index (χ0v) is 16.3. The van der Waals surface area contributed by atoms with Crippen LogP contribution in [0.3, 0.4) is 0 Å². The number of halogens is 1. The van der Waals surface area contributed by atoms with Crippen molar-refractivity contribution in [1.29, 1.82) is 0 Å². The normalized spacial score (nSPS) is 10.4. The van der Waals surface area contributed by atoms with E-state index in [-0.39, 0.29) is 23.7 Å². The van der Waals surface area contributed by atoms with Crippen LogP contribution in [0.2, 0.25) is 0 Å². The largest absolute Gasteiger partial charge is 0.496 e. The maximum atomic E-state index is 12.4. The Morgan fingerprint density at radius 2 is 2.00 bits per heavy atom. The lowest BCUT2D eigenvalue weighted by atomic mass is 10.2. The fourth-order valence-corrected chi connectivity index (χ4v) is 2.77. The maximum absolute atomic E-state index is 12.4. The summed E-state index contributed by atoms with van der Waals surface area (Å²) in [6.07, 6.45) is 0. The number of carbonyl (C=O) groups is 1. The topological polar surface area (TPSA) is 104 Å². The van der Waals surface area contributed by atoms with E-state index in [1.165, 1.54) is 31.4 Å². The van der Waals surface area contributed by atoms with E-state index in [1.54, 1.807) is 12.1 Å². The highest BCUT2D eigenvalue weighted by Gasteiger charge is 2.19. The molecule has 28 heavy (non-hydrogen) atoms. The minimum Gasteiger partial charge on any atom is -0.496 e. The first-order valence-electron chi connectivity index (χ1n) is 8.07. The van der Waals surface area contributed by atoms with Crippen molar-refractivity contribution >= 4 is 33.2 Å². The molecule has 0 spiro atoms. The van der Waals surface area contributed by atoms with Gasteiger partial charge in [-0.2, -0.15) is 0 Å². The summed E-state index contributed by atoms with van der Waals surface area (Å²) in [5.41, 5.74) is -0.241. The van der Waals surface area contributed by atoms with E-state index in [9.17, 15) is 14.9 Å². The van der Waals surface area contributed by atoms with Crippen LogP contribution in [0, 0.1) is 10.1 Å². The minimum absolute atomic E-state index is 0.0100. The number of carbonyl (C=O) groups excluding carboxylic acids is 1. The first-order valence-corrected chi connectivity index (χ1v) is 8.87. The van der Waals surface area contributed by atoms with Crippen LogP contribution in [-0.4, -0.2) is 17.9 Å². The zero-order chi connectivity index (χ0) is 20.1. The molecular formula is C19H15BrN2O6. The van der Waals surface area contributed by atoms with Crippen LogP contribution in [0.15, 0.2) is 63.5 Å². The molecule has 1 N–H and O–H groups in total. The second-order valence-electron chi connectivity index (χ2n) is 5.58. The summed E-state index contributed by atoms with van der Waals surface area (Å²) in [5, 5.41) is 13.7. The van der Waals surface area contributed by atoms with Gasteiger partial charge in [0.1, 0.15) is 29.6 Å². The van der Waals surface area contributed by atoms with Crippen LogP contribution in [0.5, 0.6) is 11.5 Å². The molecule has 0 atom stereocenters. The summed E-state index contributed by atoms with van der Waals surface area (Å²) in [6.45, 7) is 0.124. The van der Waals surface area contributed by atoms with Crippen molar-refractivity contribution in [2.24, 2.45) is 0 Å². The molecule has 0 aliphatic heterocycles. The number of nitrogens with zero attached hydrogens (tertiary/aromatic N) is 1. The summed E-state index contributed by atoms with van der Waals surface area (Å²) < 4.78 is 16.9. The second-order valence-corrected chi connectivity index (χ2v) is 6.43. The van der Waals surface area contributed by atoms with Crippen LogP contribution in [0.1, 0.15) is 16.3 Å². The van der Waals surface area contributed by atoms with Crippen molar-refractivity contribution in [2.45, 2.75) is 6.61 Å². The quantitative estimate of drug-likeness (QED) is 0.413. The lowest BCUT2D eigenvalue weighted by Crippen LogP contribution is -2.12. The molecule has 1 heterocycles. The molecule has 3 aromatic rings. The lowest BCUT2D eigenvalue weighted by molar-refractivity contribution is -0.384. The predicted octanol–water partition coefficient (Wildman–Crippen LogP) is 4.79. The van der Waals surface area contributed by atoms with E-state index in [0.717, 1.165) is 4.47 Å². The number of methoxy groups -OCH3 is 1. The molecule has 2 aromatic carbocycles. The van der Waals surface area contributed by atoms with Crippen molar-refractivity contribution in [2.75, 3.05) is 12.4 Å². The molecule has 0 saturated carbocycles. The number of rotatable bonds is 7. The minimum atomic E-state index is -0.611. The van der Waals surface area contributed by atoms with E-state index < -0.39 is 10.8 Å². The van der Waals surface area contributed by atoms with Crippen LogP contribution < -0.4 is 14.8 Å². The standard InChI is InChI=1S/C19H15BrN2O6/c1-26-12-6-8-15(16(10-12)22(24)25)21-19(23)18-9-7-13(28-18)11-27-17-5-3-2-4-14(17)20/h2-10H,11H2,1H3,(H,21,23). The molecule has 1 amide bonds. The number of para-hydroxylation sites is 1. The summed E-state index contributed by atoms with van der Waals surface area (Å²) in [4.78, 5) is 23.0. The maximum Gasteiger partial charge on any atom is 0.296 e. The third-order valence-corrected chi connectivity index (χ3v) is 4.40. The van der Waals surface area contributed by atoms with Gasteiger partial charge < -0.3 is 19.2 Å². The van der Waals surface area contributed by atoms with Crippen molar-refractivity contribution < 1.29 is 23.6 Å². The number of nitro benzene ring substituents is 1. The third-order valence-electron chi connectivity index (χ3n) is 3.74. The third kappa shape index (κ3) is 4.49. The van der Waals surface area contributed by atoms with Gasteiger partial charge in [-0.1, -0.05) is 12.1 Å². The molecule has 144 valence electrons. The fraction of sp³-hybridized carbons (Fsp3) is 0.105. The number of nitro groups is 1. The number of nitrogens with one attached hydrogen (secondary N) is 1. The van der Waals surface area contributed by atoms with E-state index in [4.69, 9.17) is 13.9 Å². The molecule has 0 saturated heterocycles. The Morgan fingerprint density at radius 1 is 1.21 bits per heavy atom. The van der Waals surface area contributed by atoms with Crippen molar-refractivity contribution in [3.05, 3.63) is 80.7 Å². The van der Waals surface area contributed by atoms with Gasteiger partial charge in [-0.15, -0.1) is 0 Å². The van der Waals surface area contributed by atoms with E-state index in [1.807, 2.05) is 18.2 Å². The summed E-state index contributed by atoms with van der Waals surface area (Å²) >= 11 is 3.38. The molecule has 0 unspecified atom stereocenters. The number of hydrogen-bond donors (Lipinski definition) is 1. The van der Waals surface area contributed by atoms with E-state index in [2.05, 4.69) is 21.2 Å². The van der Waals surface area contributed by atoms with Crippen molar-refractivity contribution in [1.82, 2.24) is 0 Å². The van der Waals surface area contributed by atoms with Crippen LogP contribution in [0.25, 0.3) is 0 Å². The molecular weight excluding hydrogens is 432 g/mol. The van der Waals surface area contributed by atoms with Crippen LogP contribution >= 0.6 is 15.9 Å². The molecule has 0 fully saturated rings. The molecule has 0 bridgehead atoms. The Morgan fingerprint density at radius 3 is 2.71 bits per heavy atom. The summed E-state index contributed by atoms with van der Waals surface area (Å²) in [7, 11) is 1.40. The molecule has 0 aliphatic carbocycles. The molecule has 9 heteroatoms. The van der Waals surface area contributed by atoms with Crippen LogP contribution in [-0.2, 0) is 6.61 Å². The van der Waals surface area contributed by atoms with Crippen LogP contribution in [0.4, 0.5) is 11.4 Å². The average Bonchev–Trinajstić information content (AvgIpc) is 3.16. The van der Waals surface area contributed by atoms with Gasteiger partial charge in [0.15, 0.2) is 5.76 Å². The number of anilines is 1. The highest BCUT2D eigenvalue weighted by molar-refractivity contribution is 9.10. The highest BCUT2D eigenvalue weighted by Crippen LogP contribution is 2.29. The number of benzene rings is 2. The zero-order valence-electron chi connectivity index (χ0n) is 14.7. The molecule has 1 aromatic heterocycles. The summed E-state index contributed by atoms with van der Waals surface area (Å²) in [6, 6.07) is 14.6. The average molecular weight is 447 g/mol.